The van der Waals surface area contributed by atoms with E-state index < -0.39 is 24.2 Å². The van der Waals surface area contributed by atoms with Gasteiger partial charge >= 0.3 is 6.18 Å². The number of alkyl halides is 3. The monoisotopic (exact) mass is 407 g/mol. The van der Waals surface area contributed by atoms with Crippen LogP contribution in [0.2, 0.25) is 0 Å². The molecule has 3 rings (SSSR count). The van der Waals surface area contributed by atoms with E-state index in [0.29, 0.717) is 11.3 Å². The summed E-state index contributed by atoms with van der Waals surface area (Å²) in [5.41, 5.74) is -2.43. The Morgan fingerprint density at radius 3 is 2.41 bits per heavy atom. The van der Waals surface area contributed by atoms with Crippen molar-refractivity contribution in [2.24, 2.45) is 5.10 Å². The molecule has 1 heterocycles. The first-order chi connectivity index (χ1) is 13.6. The standard InChI is InChI=1S/C20H20F3N3O3/c1-25(2)15-9-7-13(8-10-15)18(27)26-19(28,20(21,22)23)12-17(24-26)14-5-4-6-16(11-14)29-3/h4-11,28H,12H2,1-3H3. The van der Waals surface area contributed by atoms with Gasteiger partial charge in [0.15, 0.2) is 0 Å². The van der Waals surface area contributed by atoms with Crippen LogP contribution in [0.4, 0.5) is 18.9 Å². The second-order valence-electron chi connectivity index (χ2n) is 6.83. The third-order valence-corrected chi connectivity index (χ3v) is 4.67. The minimum absolute atomic E-state index is 0.0195. The highest BCUT2D eigenvalue weighted by Gasteiger charge is 2.63. The molecule has 2 aromatic carbocycles. The van der Waals surface area contributed by atoms with Gasteiger partial charge in [0.05, 0.1) is 19.2 Å². The largest absolute Gasteiger partial charge is 0.497 e. The summed E-state index contributed by atoms with van der Waals surface area (Å²) in [5, 5.41) is 14.4. The number of hydrogen-bond donors (Lipinski definition) is 1. The fraction of sp³-hybridized carbons (Fsp3) is 0.300. The normalized spacial score (nSPS) is 19.1. The summed E-state index contributed by atoms with van der Waals surface area (Å²) in [7, 11) is 5.02. The van der Waals surface area contributed by atoms with E-state index in [1.165, 1.54) is 31.4 Å². The first-order valence-electron chi connectivity index (χ1n) is 8.70. The van der Waals surface area contributed by atoms with E-state index in [1.54, 1.807) is 43.3 Å². The molecule has 1 aliphatic rings. The van der Waals surface area contributed by atoms with Crippen molar-refractivity contribution in [1.82, 2.24) is 5.01 Å². The molecule has 2 aromatic rings. The van der Waals surface area contributed by atoms with Crippen LogP contribution in [0.1, 0.15) is 22.3 Å². The minimum Gasteiger partial charge on any atom is -0.497 e. The van der Waals surface area contributed by atoms with Crippen LogP contribution in [-0.4, -0.2) is 54.8 Å². The van der Waals surface area contributed by atoms with Crippen LogP contribution in [0.5, 0.6) is 5.75 Å². The SMILES string of the molecule is COc1cccc(C2=NN(C(=O)c3ccc(N(C)C)cc3)C(O)(C(F)(F)F)C2)c1. The second kappa shape index (κ2) is 7.40. The van der Waals surface area contributed by atoms with Crippen molar-refractivity contribution in [3.05, 3.63) is 59.7 Å². The lowest BCUT2D eigenvalue weighted by Crippen LogP contribution is -2.56. The number of methoxy groups -OCH3 is 1. The number of aliphatic hydroxyl groups is 1. The van der Waals surface area contributed by atoms with E-state index in [-0.39, 0.29) is 16.3 Å². The van der Waals surface area contributed by atoms with E-state index in [2.05, 4.69) is 5.10 Å². The molecule has 1 atom stereocenters. The minimum atomic E-state index is -5.10. The van der Waals surface area contributed by atoms with Gasteiger partial charge < -0.3 is 14.7 Å². The fourth-order valence-corrected chi connectivity index (χ4v) is 2.97. The lowest BCUT2D eigenvalue weighted by atomic mass is 10.0. The zero-order valence-electron chi connectivity index (χ0n) is 16.1. The smallest absolute Gasteiger partial charge is 0.438 e. The number of benzene rings is 2. The van der Waals surface area contributed by atoms with E-state index in [0.717, 1.165) is 5.69 Å². The molecule has 0 spiro atoms. The number of rotatable bonds is 4. The number of halogens is 3. The number of hydrogen-bond acceptors (Lipinski definition) is 5. The number of amides is 1. The molecule has 6 nitrogen and oxygen atoms in total. The molecular weight excluding hydrogens is 387 g/mol. The first kappa shape index (κ1) is 20.7. The summed E-state index contributed by atoms with van der Waals surface area (Å²) >= 11 is 0. The third-order valence-electron chi connectivity index (χ3n) is 4.67. The maximum atomic E-state index is 13.7. The number of nitrogens with zero attached hydrogens (tertiary/aromatic N) is 3. The molecular formula is C20H20F3N3O3. The van der Waals surface area contributed by atoms with Crippen LogP contribution < -0.4 is 9.64 Å². The Bertz CT molecular complexity index is 942. The number of carbonyl (C=O) groups excluding carboxylic acids is 1. The third kappa shape index (κ3) is 3.77. The van der Waals surface area contributed by atoms with Crippen molar-refractivity contribution < 1.29 is 27.8 Å². The lowest BCUT2D eigenvalue weighted by Gasteiger charge is -2.32. The molecule has 0 aliphatic carbocycles. The van der Waals surface area contributed by atoms with Gasteiger partial charge in [0.2, 0.25) is 0 Å². The molecule has 29 heavy (non-hydrogen) atoms. The second-order valence-corrected chi connectivity index (χ2v) is 6.83. The Labute approximate surface area is 165 Å². The Morgan fingerprint density at radius 2 is 1.86 bits per heavy atom. The summed E-state index contributed by atoms with van der Waals surface area (Å²) < 4.78 is 46.3. The average molecular weight is 407 g/mol. The number of ether oxygens (including phenoxy) is 1. The van der Waals surface area contributed by atoms with E-state index in [9.17, 15) is 23.1 Å². The molecule has 0 aromatic heterocycles. The fourth-order valence-electron chi connectivity index (χ4n) is 2.97. The topological polar surface area (TPSA) is 65.4 Å². The predicted molar refractivity (Wildman–Crippen MR) is 102 cm³/mol. The van der Waals surface area contributed by atoms with Gasteiger partial charge in [-0.2, -0.15) is 23.3 Å². The maximum Gasteiger partial charge on any atom is 0.438 e. The predicted octanol–water partition coefficient (Wildman–Crippen LogP) is 3.26. The van der Waals surface area contributed by atoms with Gasteiger partial charge in [0.25, 0.3) is 11.6 Å². The number of carbonyl (C=O) groups is 1. The van der Waals surface area contributed by atoms with Gasteiger partial charge in [0, 0.05) is 30.9 Å². The summed E-state index contributed by atoms with van der Waals surface area (Å²) in [4.78, 5) is 14.6. The van der Waals surface area contributed by atoms with Crippen molar-refractivity contribution in [3.63, 3.8) is 0 Å². The molecule has 0 radical (unpaired) electrons. The molecule has 0 fully saturated rings. The maximum absolute atomic E-state index is 13.7. The van der Waals surface area contributed by atoms with Gasteiger partial charge in [-0.1, -0.05) is 12.1 Å². The van der Waals surface area contributed by atoms with E-state index in [1.807, 2.05) is 0 Å². The summed E-state index contributed by atoms with van der Waals surface area (Å²) in [6.45, 7) is 0. The lowest BCUT2D eigenvalue weighted by molar-refractivity contribution is -0.297. The van der Waals surface area contributed by atoms with Crippen LogP contribution in [0.25, 0.3) is 0 Å². The molecule has 1 amide bonds. The number of hydrazone groups is 1. The summed E-state index contributed by atoms with van der Waals surface area (Å²) in [6.07, 6.45) is -5.98. The molecule has 1 aliphatic heterocycles. The molecule has 0 saturated carbocycles. The highest BCUT2D eigenvalue weighted by Crippen LogP contribution is 2.42. The van der Waals surface area contributed by atoms with Crippen molar-refractivity contribution in [2.75, 3.05) is 26.1 Å². The van der Waals surface area contributed by atoms with Gasteiger partial charge in [-0.3, -0.25) is 4.79 Å². The van der Waals surface area contributed by atoms with E-state index in [4.69, 9.17) is 4.74 Å². The zero-order valence-corrected chi connectivity index (χ0v) is 16.1. The van der Waals surface area contributed by atoms with Crippen LogP contribution in [0, 0.1) is 0 Å². The van der Waals surface area contributed by atoms with Crippen LogP contribution in [0.15, 0.2) is 53.6 Å². The highest BCUT2D eigenvalue weighted by atomic mass is 19.4. The van der Waals surface area contributed by atoms with Crippen LogP contribution in [0.3, 0.4) is 0 Å². The Hall–Kier alpha value is -3.07. The first-order valence-corrected chi connectivity index (χ1v) is 8.70. The van der Waals surface area contributed by atoms with E-state index >= 15 is 0 Å². The molecule has 1 N–H and O–H groups in total. The Kier molecular flexibility index (Phi) is 5.27. The average Bonchev–Trinajstić information content (AvgIpc) is 3.06. The number of anilines is 1. The molecule has 0 bridgehead atoms. The molecule has 9 heteroatoms. The van der Waals surface area contributed by atoms with Gasteiger partial charge in [0.1, 0.15) is 5.75 Å². The van der Waals surface area contributed by atoms with Crippen molar-refractivity contribution in [1.29, 1.82) is 0 Å². The van der Waals surface area contributed by atoms with Crippen molar-refractivity contribution in [2.45, 2.75) is 18.3 Å². The molecule has 154 valence electrons. The van der Waals surface area contributed by atoms with Gasteiger partial charge in [-0.05, 0) is 36.4 Å². The van der Waals surface area contributed by atoms with Crippen LogP contribution in [-0.2, 0) is 0 Å². The van der Waals surface area contributed by atoms with Crippen molar-refractivity contribution in [3.8, 4) is 5.75 Å². The Morgan fingerprint density at radius 1 is 1.21 bits per heavy atom. The van der Waals surface area contributed by atoms with Gasteiger partial charge in [-0.15, -0.1) is 0 Å². The molecule has 1 unspecified atom stereocenters. The zero-order chi connectivity index (χ0) is 21.4. The summed E-state index contributed by atoms with van der Waals surface area (Å²) in [6, 6.07) is 12.2. The van der Waals surface area contributed by atoms with Gasteiger partial charge in [-0.25, -0.2) is 0 Å². The Balaban J connectivity index is 2.01. The molecule has 0 saturated heterocycles. The summed E-state index contributed by atoms with van der Waals surface area (Å²) in [5.74, 6) is -0.627. The highest BCUT2D eigenvalue weighted by molar-refractivity contribution is 6.05. The van der Waals surface area contributed by atoms with Crippen molar-refractivity contribution >= 4 is 17.3 Å². The van der Waals surface area contributed by atoms with Crippen LogP contribution >= 0.6 is 0 Å². The quantitative estimate of drug-likeness (QED) is 0.845.